The van der Waals surface area contributed by atoms with Crippen LogP contribution in [-0.2, 0) is 30.4 Å². The van der Waals surface area contributed by atoms with Gasteiger partial charge in [-0.15, -0.1) is 0 Å². The van der Waals surface area contributed by atoms with Crippen LogP contribution in [0.25, 0.3) is 0 Å². The molecule has 0 bridgehead atoms. The summed E-state index contributed by atoms with van der Waals surface area (Å²) >= 11 is 0. The van der Waals surface area contributed by atoms with E-state index in [-0.39, 0.29) is 50.5 Å². The number of aryl methyl sites for hydroxylation is 1. The molecule has 2 aliphatic rings. The molecule has 34 heavy (non-hydrogen) atoms. The van der Waals surface area contributed by atoms with Crippen molar-refractivity contribution in [1.29, 1.82) is 0 Å². The number of carbonyl (C=O) groups excluding carboxylic acids is 6. The highest BCUT2D eigenvalue weighted by Crippen LogP contribution is 2.23. The summed E-state index contributed by atoms with van der Waals surface area (Å²) in [6.45, 7) is 1.53. The summed E-state index contributed by atoms with van der Waals surface area (Å²) in [7, 11) is 0. The van der Waals surface area contributed by atoms with Crippen molar-refractivity contribution in [3.8, 4) is 0 Å². The highest BCUT2D eigenvalue weighted by atomic mass is 16.2. The summed E-state index contributed by atoms with van der Waals surface area (Å²) in [5, 5.41) is 5.83. The number of nitrogens with zero attached hydrogens (tertiary/aromatic N) is 3. The average molecular weight is 472 g/mol. The molecule has 1 aromatic carbocycles. The quantitative estimate of drug-likeness (QED) is 0.499. The molecule has 0 radical (unpaired) electrons. The standard InChI is InChI=1S/C23H29N5O6/c1-16(30)14-18(15-29)24-22(33)19-8-5-12-27-21(32)11-13-26(23(34)28(19)27)25-20(31)10-9-17-6-3-2-4-7-17/h2-4,6-7,15,18-19H,5,8-14H2,1H3,(H,24,33)(H,25,31). The van der Waals surface area contributed by atoms with Crippen molar-refractivity contribution in [1.82, 2.24) is 25.8 Å². The predicted octanol–water partition coefficient (Wildman–Crippen LogP) is 0.347. The lowest BCUT2D eigenvalue weighted by Gasteiger charge is -2.43. The second kappa shape index (κ2) is 11.4. The van der Waals surface area contributed by atoms with Crippen LogP contribution in [0.1, 0.15) is 44.6 Å². The van der Waals surface area contributed by atoms with Crippen molar-refractivity contribution in [3.63, 3.8) is 0 Å². The number of amides is 5. The molecule has 2 saturated heterocycles. The first-order valence-electron chi connectivity index (χ1n) is 11.3. The lowest BCUT2D eigenvalue weighted by molar-refractivity contribution is -0.155. The molecule has 2 unspecified atom stereocenters. The summed E-state index contributed by atoms with van der Waals surface area (Å²) in [6.07, 6.45) is 1.66. The largest absolute Gasteiger partial charge is 0.358 e. The Hall–Kier alpha value is -3.76. The number of benzene rings is 1. The summed E-state index contributed by atoms with van der Waals surface area (Å²) in [5.41, 5.74) is 3.54. The Morgan fingerprint density at radius 1 is 1.15 bits per heavy atom. The Morgan fingerprint density at radius 3 is 2.56 bits per heavy atom. The molecule has 2 atom stereocenters. The molecule has 0 aliphatic carbocycles. The Kier molecular flexibility index (Phi) is 8.34. The number of fused-ring (bicyclic) bond motifs is 1. The van der Waals surface area contributed by atoms with E-state index in [0.29, 0.717) is 19.1 Å². The van der Waals surface area contributed by atoms with Gasteiger partial charge in [-0.2, -0.15) is 0 Å². The van der Waals surface area contributed by atoms with Crippen molar-refractivity contribution >= 4 is 35.8 Å². The van der Waals surface area contributed by atoms with Crippen molar-refractivity contribution < 1.29 is 28.8 Å². The van der Waals surface area contributed by atoms with Crippen LogP contribution in [-0.4, -0.2) is 76.0 Å². The van der Waals surface area contributed by atoms with Crippen LogP contribution in [0.4, 0.5) is 4.79 Å². The minimum absolute atomic E-state index is 0.0170. The zero-order valence-electron chi connectivity index (χ0n) is 19.1. The smallest absolute Gasteiger partial charge is 0.344 e. The molecule has 0 saturated carbocycles. The molecule has 2 fully saturated rings. The molecule has 1 aromatic rings. The molecule has 182 valence electrons. The lowest BCUT2D eigenvalue weighted by atomic mass is 10.1. The number of Topliss-reactive ketones (excluding diaryl/α,β-unsaturated/α-hetero) is 1. The molecule has 5 amide bonds. The zero-order valence-corrected chi connectivity index (χ0v) is 19.1. The van der Waals surface area contributed by atoms with Gasteiger partial charge in [-0.05, 0) is 31.7 Å². The molecule has 3 rings (SSSR count). The topological polar surface area (TPSA) is 136 Å². The van der Waals surface area contributed by atoms with E-state index in [4.69, 9.17) is 0 Å². The number of nitrogens with one attached hydrogen (secondary N) is 2. The van der Waals surface area contributed by atoms with Crippen LogP contribution in [0.15, 0.2) is 30.3 Å². The number of hydrogen-bond acceptors (Lipinski definition) is 6. The zero-order chi connectivity index (χ0) is 24.7. The fraction of sp³-hybridized carbons (Fsp3) is 0.478. The van der Waals surface area contributed by atoms with Gasteiger partial charge in [-0.25, -0.2) is 19.8 Å². The fourth-order valence-electron chi connectivity index (χ4n) is 4.05. The number of urea groups is 1. The lowest BCUT2D eigenvalue weighted by Crippen LogP contribution is -2.64. The average Bonchev–Trinajstić information content (AvgIpc) is 2.94. The minimum atomic E-state index is -1.05. The van der Waals surface area contributed by atoms with E-state index >= 15 is 0 Å². The van der Waals surface area contributed by atoms with E-state index in [9.17, 15) is 28.8 Å². The Bertz CT molecular complexity index is 952. The molecule has 2 N–H and O–H groups in total. The van der Waals surface area contributed by atoms with Crippen molar-refractivity contribution in [2.75, 3.05) is 13.1 Å². The van der Waals surface area contributed by atoms with E-state index < -0.39 is 29.9 Å². The van der Waals surface area contributed by atoms with E-state index in [1.165, 1.54) is 11.9 Å². The van der Waals surface area contributed by atoms with Gasteiger partial charge in [0.25, 0.3) is 0 Å². The molecule has 0 aromatic heterocycles. The number of hydrogen-bond donors (Lipinski definition) is 2. The Labute approximate surface area is 197 Å². The van der Waals surface area contributed by atoms with Gasteiger partial charge in [-0.3, -0.25) is 24.6 Å². The van der Waals surface area contributed by atoms with Crippen LogP contribution in [0.3, 0.4) is 0 Å². The van der Waals surface area contributed by atoms with Gasteiger partial charge in [0, 0.05) is 25.8 Å². The summed E-state index contributed by atoms with van der Waals surface area (Å²) in [4.78, 5) is 74.1. The third-order valence-electron chi connectivity index (χ3n) is 5.71. The van der Waals surface area contributed by atoms with Crippen LogP contribution >= 0.6 is 0 Å². The van der Waals surface area contributed by atoms with Gasteiger partial charge in [0.05, 0.1) is 12.6 Å². The van der Waals surface area contributed by atoms with Crippen molar-refractivity contribution in [3.05, 3.63) is 35.9 Å². The monoisotopic (exact) mass is 471 g/mol. The van der Waals surface area contributed by atoms with Crippen molar-refractivity contribution in [2.45, 2.75) is 57.5 Å². The van der Waals surface area contributed by atoms with Gasteiger partial charge in [0.15, 0.2) is 0 Å². The number of aldehydes is 1. The molecule has 2 heterocycles. The van der Waals surface area contributed by atoms with E-state index in [2.05, 4.69) is 10.7 Å². The van der Waals surface area contributed by atoms with Gasteiger partial charge in [-0.1, -0.05) is 30.3 Å². The molecule has 11 nitrogen and oxygen atoms in total. The van der Waals surface area contributed by atoms with Crippen LogP contribution in [0.5, 0.6) is 0 Å². The third kappa shape index (κ3) is 6.18. The number of hydrazine groups is 2. The molecular formula is C23H29N5O6. The van der Waals surface area contributed by atoms with Gasteiger partial charge in [0.2, 0.25) is 17.7 Å². The highest BCUT2D eigenvalue weighted by Gasteiger charge is 2.44. The maximum Gasteiger partial charge on any atom is 0.358 e. The first kappa shape index (κ1) is 24.9. The first-order valence-corrected chi connectivity index (χ1v) is 11.3. The van der Waals surface area contributed by atoms with Gasteiger partial charge < -0.3 is 10.1 Å². The van der Waals surface area contributed by atoms with Crippen LogP contribution < -0.4 is 10.7 Å². The van der Waals surface area contributed by atoms with Crippen molar-refractivity contribution in [2.24, 2.45) is 0 Å². The molecule has 0 spiro atoms. The second-order valence-electron chi connectivity index (χ2n) is 8.38. The summed E-state index contributed by atoms with van der Waals surface area (Å²) in [6, 6.07) is 6.65. The number of ketones is 1. The van der Waals surface area contributed by atoms with E-state index in [0.717, 1.165) is 15.6 Å². The van der Waals surface area contributed by atoms with Crippen LogP contribution in [0, 0.1) is 0 Å². The molecule has 11 heteroatoms. The summed E-state index contributed by atoms with van der Waals surface area (Å²) < 4.78 is 0. The maximum absolute atomic E-state index is 13.3. The molecular weight excluding hydrogens is 442 g/mol. The SMILES string of the molecule is CC(=O)CC(C=O)NC(=O)C1CCCN2C(=O)CCN(NC(=O)CCc3ccccc3)C(=O)N12. The Balaban J connectivity index is 1.71. The Morgan fingerprint density at radius 2 is 1.88 bits per heavy atom. The van der Waals surface area contributed by atoms with Crippen LogP contribution in [0.2, 0.25) is 0 Å². The third-order valence-corrected chi connectivity index (χ3v) is 5.71. The fourth-order valence-corrected chi connectivity index (χ4v) is 4.05. The molecule has 2 aliphatic heterocycles. The predicted molar refractivity (Wildman–Crippen MR) is 119 cm³/mol. The maximum atomic E-state index is 13.3. The summed E-state index contributed by atoms with van der Waals surface area (Å²) in [5.74, 6) is -1.64. The minimum Gasteiger partial charge on any atom is -0.344 e. The second-order valence-corrected chi connectivity index (χ2v) is 8.38. The van der Waals surface area contributed by atoms with E-state index in [1.54, 1.807) is 0 Å². The number of rotatable bonds is 9. The number of carbonyl (C=O) groups is 6. The van der Waals surface area contributed by atoms with Gasteiger partial charge in [0.1, 0.15) is 18.1 Å². The first-order chi connectivity index (χ1) is 16.3. The highest BCUT2D eigenvalue weighted by molar-refractivity contribution is 5.93. The van der Waals surface area contributed by atoms with E-state index in [1.807, 2.05) is 30.3 Å². The normalized spacial score (nSPS) is 19.1. The van der Waals surface area contributed by atoms with Gasteiger partial charge >= 0.3 is 6.03 Å².